The zero-order valence-electron chi connectivity index (χ0n) is 17.6. The molecule has 2 aromatic heterocycles. The second kappa shape index (κ2) is 7.84. The van der Waals surface area contributed by atoms with Gasteiger partial charge in [-0.25, -0.2) is 8.42 Å². The van der Waals surface area contributed by atoms with Crippen LogP contribution in [0, 0.1) is 6.92 Å². The van der Waals surface area contributed by atoms with Crippen LogP contribution in [-0.2, 0) is 10.0 Å². The van der Waals surface area contributed by atoms with Gasteiger partial charge in [-0.3, -0.25) is 4.79 Å². The molecule has 164 valence electrons. The highest BCUT2D eigenvalue weighted by molar-refractivity contribution is 7.89. The monoisotopic (exact) mass is 441 g/mol. The number of hydrogen-bond donors (Lipinski definition) is 1. The number of nitrogens with zero attached hydrogens (tertiary/aromatic N) is 2. The third-order valence-electron chi connectivity index (χ3n) is 6.54. The molecule has 0 unspecified atom stereocenters. The van der Waals surface area contributed by atoms with E-state index in [1.807, 2.05) is 12.1 Å². The Bertz CT molecular complexity index is 1180. The first kappa shape index (κ1) is 20.3. The molecule has 0 saturated carbocycles. The lowest BCUT2D eigenvalue weighted by atomic mass is 9.93. The molecular formula is C23H27N3O4S. The second-order valence-electron chi connectivity index (χ2n) is 8.52. The van der Waals surface area contributed by atoms with E-state index in [0.29, 0.717) is 32.1 Å². The lowest BCUT2D eigenvalue weighted by Crippen LogP contribution is -2.37. The number of carbonyl (C=O) groups excluding carboxylic acids is 1. The fraction of sp³-hybridized carbons (Fsp3) is 0.435. The maximum Gasteiger partial charge on any atom is 0.289 e. The van der Waals surface area contributed by atoms with E-state index < -0.39 is 10.0 Å². The lowest BCUT2D eigenvalue weighted by Gasteiger charge is -2.31. The van der Waals surface area contributed by atoms with E-state index in [-0.39, 0.29) is 22.3 Å². The van der Waals surface area contributed by atoms with Gasteiger partial charge in [-0.2, -0.15) is 4.31 Å². The topological polar surface area (TPSA) is 86.6 Å². The second-order valence-corrected chi connectivity index (χ2v) is 10.4. The Balaban J connectivity index is 1.28. The number of aromatic amines is 1. The third-order valence-corrected chi connectivity index (χ3v) is 8.54. The smallest absolute Gasteiger partial charge is 0.289 e. The van der Waals surface area contributed by atoms with Crippen molar-refractivity contribution in [2.45, 2.75) is 43.4 Å². The van der Waals surface area contributed by atoms with Crippen molar-refractivity contribution in [3.63, 3.8) is 0 Å². The molecular weight excluding hydrogens is 414 g/mol. The number of para-hydroxylation sites is 1. The molecule has 2 aliphatic heterocycles. The number of fused-ring (bicyclic) bond motifs is 1. The summed E-state index contributed by atoms with van der Waals surface area (Å²) in [4.78, 5) is 18.4. The van der Waals surface area contributed by atoms with Gasteiger partial charge in [0.05, 0.1) is 0 Å². The molecule has 0 bridgehead atoms. The fourth-order valence-corrected chi connectivity index (χ4v) is 6.44. The van der Waals surface area contributed by atoms with Gasteiger partial charge >= 0.3 is 0 Å². The Morgan fingerprint density at radius 1 is 1.06 bits per heavy atom. The first-order valence-corrected chi connectivity index (χ1v) is 12.3. The van der Waals surface area contributed by atoms with Crippen LogP contribution in [0.2, 0.25) is 0 Å². The van der Waals surface area contributed by atoms with Crippen molar-refractivity contribution >= 4 is 26.8 Å². The summed E-state index contributed by atoms with van der Waals surface area (Å²) in [7, 11) is -3.61. The predicted molar refractivity (Wildman–Crippen MR) is 118 cm³/mol. The Morgan fingerprint density at radius 3 is 2.48 bits per heavy atom. The minimum Gasteiger partial charge on any atom is -0.455 e. The molecule has 1 N–H and O–H groups in total. The normalized spacial score (nSPS) is 18.8. The highest BCUT2D eigenvalue weighted by Crippen LogP contribution is 2.32. The van der Waals surface area contributed by atoms with Crippen LogP contribution in [0.1, 0.15) is 53.6 Å². The summed E-state index contributed by atoms with van der Waals surface area (Å²) in [5.41, 5.74) is 2.34. The van der Waals surface area contributed by atoms with Crippen molar-refractivity contribution < 1.29 is 17.6 Å². The molecule has 2 saturated heterocycles. The van der Waals surface area contributed by atoms with E-state index in [1.165, 1.54) is 21.5 Å². The fourth-order valence-electron chi connectivity index (χ4n) is 4.76. The van der Waals surface area contributed by atoms with Crippen LogP contribution in [0.15, 0.2) is 45.7 Å². The van der Waals surface area contributed by atoms with E-state index in [9.17, 15) is 13.2 Å². The minimum absolute atomic E-state index is 0.110. The van der Waals surface area contributed by atoms with Crippen molar-refractivity contribution in [1.82, 2.24) is 14.2 Å². The summed E-state index contributed by atoms with van der Waals surface area (Å²) in [6, 6.07) is 11.8. The molecule has 8 heteroatoms. The maximum atomic E-state index is 13.0. The number of benzene rings is 1. The molecule has 7 nitrogen and oxygen atoms in total. The third kappa shape index (κ3) is 3.68. The van der Waals surface area contributed by atoms with Crippen molar-refractivity contribution in [3.8, 4) is 0 Å². The molecule has 4 heterocycles. The summed E-state index contributed by atoms with van der Waals surface area (Å²) in [6.07, 6.45) is 3.45. The summed E-state index contributed by atoms with van der Waals surface area (Å²) >= 11 is 0. The lowest BCUT2D eigenvalue weighted by molar-refractivity contribution is 0.0678. The van der Waals surface area contributed by atoms with E-state index in [2.05, 4.69) is 23.2 Å². The quantitative estimate of drug-likeness (QED) is 0.666. The molecule has 2 aliphatic rings. The minimum atomic E-state index is -3.61. The van der Waals surface area contributed by atoms with Gasteiger partial charge in [-0.15, -0.1) is 0 Å². The molecule has 1 amide bonds. The average molecular weight is 442 g/mol. The summed E-state index contributed by atoms with van der Waals surface area (Å²) in [5, 5.41) is 1.20. The molecule has 2 fully saturated rings. The van der Waals surface area contributed by atoms with Crippen molar-refractivity contribution in [3.05, 3.63) is 53.6 Å². The van der Waals surface area contributed by atoms with Crippen molar-refractivity contribution in [2.24, 2.45) is 0 Å². The summed E-state index contributed by atoms with van der Waals surface area (Å²) in [6.45, 7) is 3.90. The molecule has 0 aliphatic carbocycles. The summed E-state index contributed by atoms with van der Waals surface area (Å²) in [5.74, 6) is 0.532. The SMILES string of the molecule is Cc1oc(C(=O)N2CCC(c3cc4ccccc4[nH]3)CC2)cc1S(=O)(=O)N1CCCC1. The van der Waals surface area contributed by atoms with Crippen LogP contribution in [0.25, 0.3) is 10.9 Å². The number of carbonyl (C=O) groups is 1. The van der Waals surface area contributed by atoms with E-state index >= 15 is 0 Å². The van der Waals surface area contributed by atoms with Gasteiger partial charge in [-0.1, -0.05) is 18.2 Å². The van der Waals surface area contributed by atoms with Gasteiger partial charge in [-0.05, 0) is 50.1 Å². The number of rotatable bonds is 4. The number of aryl methyl sites for hydroxylation is 1. The number of sulfonamides is 1. The number of furan rings is 1. The molecule has 1 aromatic carbocycles. The molecule has 0 spiro atoms. The first-order chi connectivity index (χ1) is 14.9. The molecule has 3 aromatic rings. The Labute approximate surface area is 182 Å². The highest BCUT2D eigenvalue weighted by atomic mass is 32.2. The Hall–Kier alpha value is -2.58. The van der Waals surface area contributed by atoms with Crippen LogP contribution >= 0.6 is 0 Å². The number of piperidine rings is 1. The van der Waals surface area contributed by atoms with Gasteiger partial charge in [0.25, 0.3) is 5.91 Å². The summed E-state index contributed by atoms with van der Waals surface area (Å²) < 4.78 is 32.9. The average Bonchev–Trinajstić information content (AvgIpc) is 3.52. The zero-order valence-corrected chi connectivity index (χ0v) is 18.5. The predicted octanol–water partition coefficient (Wildman–Crippen LogP) is 3.87. The molecule has 5 rings (SSSR count). The number of aromatic nitrogens is 1. The van der Waals surface area contributed by atoms with Crippen molar-refractivity contribution in [2.75, 3.05) is 26.2 Å². The number of likely N-dealkylation sites (tertiary alicyclic amines) is 1. The highest BCUT2D eigenvalue weighted by Gasteiger charge is 2.33. The van der Waals surface area contributed by atoms with Gasteiger partial charge in [0.2, 0.25) is 10.0 Å². The Morgan fingerprint density at radius 2 is 1.77 bits per heavy atom. The van der Waals surface area contributed by atoms with E-state index in [0.717, 1.165) is 31.2 Å². The molecule has 0 radical (unpaired) electrons. The van der Waals surface area contributed by atoms with Crippen LogP contribution in [0.4, 0.5) is 0 Å². The van der Waals surface area contributed by atoms with Crippen LogP contribution < -0.4 is 0 Å². The van der Waals surface area contributed by atoms with Gasteiger partial charge in [0.15, 0.2) is 5.76 Å². The van der Waals surface area contributed by atoms with Gasteiger partial charge in [0.1, 0.15) is 10.7 Å². The van der Waals surface area contributed by atoms with Crippen LogP contribution in [-0.4, -0.2) is 54.7 Å². The van der Waals surface area contributed by atoms with Gasteiger partial charge in [0, 0.05) is 49.4 Å². The van der Waals surface area contributed by atoms with Crippen LogP contribution in [0.5, 0.6) is 0 Å². The van der Waals surface area contributed by atoms with Crippen molar-refractivity contribution in [1.29, 1.82) is 0 Å². The molecule has 0 atom stereocenters. The zero-order chi connectivity index (χ0) is 21.6. The van der Waals surface area contributed by atoms with Gasteiger partial charge < -0.3 is 14.3 Å². The van der Waals surface area contributed by atoms with E-state index in [1.54, 1.807) is 11.8 Å². The number of H-pyrrole nitrogens is 1. The first-order valence-electron chi connectivity index (χ1n) is 10.9. The Kier molecular flexibility index (Phi) is 5.14. The number of nitrogens with one attached hydrogen (secondary N) is 1. The maximum absolute atomic E-state index is 13.0. The number of amides is 1. The van der Waals surface area contributed by atoms with Crippen LogP contribution in [0.3, 0.4) is 0 Å². The standard InChI is InChI=1S/C23H27N3O4S/c1-16-22(31(28,29)26-10-4-5-11-26)15-21(30-16)23(27)25-12-8-17(9-13-25)20-14-18-6-2-3-7-19(18)24-20/h2-3,6-7,14-15,17,24H,4-5,8-13H2,1H3. The number of hydrogen-bond acceptors (Lipinski definition) is 4. The van der Waals surface area contributed by atoms with E-state index in [4.69, 9.17) is 4.42 Å². The molecule has 31 heavy (non-hydrogen) atoms. The largest absolute Gasteiger partial charge is 0.455 e.